The van der Waals surface area contributed by atoms with Gasteiger partial charge in [-0.25, -0.2) is 4.57 Å². The molecule has 0 saturated carbocycles. The molecule has 0 heterocycles. The Labute approximate surface area is 293 Å². The van der Waals surface area contributed by atoms with E-state index in [1.165, 1.54) is 77.0 Å². The van der Waals surface area contributed by atoms with Crippen LogP contribution in [0.1, 0.15) is 181 Å². The minimum absolute atomic E-state index is 0.201. The Morgan fingerprint density at radius 2 is 0.938 bits per heavy atom. The number of phosphoric ester groups is 1. The summed E-state index contributed by atoms with van der Waals surface area (Å²) < 4.78 is 26.3. The summed E-state index contributed by atoms with van der Waals surface area (Å²) in [7, 11) is -4.75. The van der Waals surface area contributed by atoms with Gasteiger partial charge in [0.1, 0.15) is 6.61 Å². The second-order valence-corrected chi connectivity index (χ2v) is 14.1. The third-order valence-corrected chi connectivity index (χ3v) is 8.62. The molecule has 0 rings (SSSR count). The highest BCUT2D eigenvalue weighted by molar-refractivity contribution is 7.46. The minimum Gasteiger partial charge on any atom is -0.462 e. The molecule has 2 N–H and O–H groups in total. The number of hydrogen-bond acceptors (Lipinski definition) is 6. The second kappa shape index (κ2) is 35.1. The predicted octanol–water partition coefficient (Wildman–Crippen LogP) is 11.4. The van der Waals surface area contributed by atoms with Crippen molar-refractivity contribution in [3.8, 4) is 0 Å². The number of hydrogen-bond donors (Lipinski definition) is 2. The van der Waals surface area contributed by atoms with E-state index >= 15 is 0 Å². The van der Waals surface area contributed by atoms with E-state index in [4.69, 9.17) is 19.3 Å². The third-order valence-electron chi connectivity index (χ3n) is 8.13. The number of rotatable bonds is 35. The maximum Gasteiger partial charge on any atom is 0.469 e. The Morgan fingerprint density at radius 1 is 0.542 bits per heavy atom. The van der Waals surface area contributed by atoms with Crippen LogP contribution in [0, 0.1) is 0 Å². The van der Waals surface area contributed by atoms with E-state index < -0.39 is 32.5 Å². The summed E-state index contributed by atoms with van der Waals surface area (Å²) in [6, 6.07) is 0. The van der Waals surface area contributed by atoms with Crippen molar-refractivity contribution in [2.45, 2.75) is 187 Å². The van der Waals surface area contributed by atoms with Crippen LogP contribution in [0.25, 0.3) is 0 Å². The van der Waals surface area contributed by atoms with Crippen molar-refractivity contribution in [2.75, 3.05) is 13.2 Å². The summed E-state index contributed by atoms with van der Waals surface area (Å²) in [6.07, 6.45) is 40.0. The van der Waals surface area contributed by atoms with Crippen molar-refractivity contribution >= 4 is 19.8 Å². The average Bonchev–Trinajstić information content (AvgIpc) is 3.05. The predicted molar refractivity (Wildman–Crippen MR) is 198 cm³/mol. The molecular formula is C39H71O8P. The number of phosphoric acid groups is 1. The van der Waals surface area contributed by atoms with E-state index in [1.807, 2.05) is 0 Å². The fourth-order valence-electron chi connectivity index (χ4n) is 5.22. The Hall–Kier alpha value is -1.73. The number of carbonyl (C=O) groups excluding carboxylic acids is 2. The molecule has 280 valence electrons. The Bertz CT molecular complexity index is 879. The summed E-state index contributed by atoms with van der Waals surface area (Å²) in [4.78, 5) is 42.7. The summed E-state index contributed by atoms with van der Waals surface area (Å²) in [5.74, 6) is -0.904. The SMILES string of the molecule is CCCCC/C=C/C/C=C/CCCCCCCCCC(=O)O[C@H](COC(=O)CCCCCCC/C=C/CCCCCC)COP(=O)(O)O. The Balaban J connectivity index is 3.98. The minimum atomic E-state index is -4.75. The van der Waals surface area contributed by atoms with Gasteiger partial charge in [0.15, 0.2) is 6.10 Å². The lowest BCUT2D eigenvalue weighted by molar-refractivity contribution is -0.161. The van der Waals surface area contributed by atoms with Crippen molar-refractivity contribution < 1.29 is 37.9 Å². The molecule has 0 aliphatic rings. The molecule has 0 aliphatic carbocycles. The molecule has 0 aromatic heterocycles. The van der Waals surface area contributed by atoms with Crippen LogP contribution in [-0.2, 0) is 28.2 Å². The standard InChI is InChI=1S/C39H71O8P/c1-3-5-7-9-11-13-15-17-18-19-20-22-24-26-28-30-32-34-39(41)47-37(36-46-48(42,43)44)35-45-38(40)33-31-29-27-25-23-21-16-14-12-10-8-6-4-2/h11,13-14,16-18,37H,3-10,12,15,19-36H2,1-2H3,(H2,42,43,44)/b13-11+,16-14+,18-17+/t37-/m1/s1. The third kappa shape index (κ3) is 37.1. The van der Waals surface area contributed by atoms with Crippen LogP contribution in [-0.4, -0.2) is 41.0 Å². The molecule has 0 aromatic carbocycles. The number of esters is 2. The van der Waals surface area contributed by atoms with Crippen molar-refractivity contribution in [3.05, 3.63) is 36.5 Å². The molecule has 48 heavy (non-hydrogen) atoms. The molecule has 9 heteroatoms. The lowest BCUT2D eigenvalue weighted by atomic mass is 10.1. The quantitative estimate of drug-likeness (QED) is 0.0290. The molecule has 0 aromatic rings. The van der Waals surface area contributed by atoms with Crippen LogP contribution < -0.4 is 0 Å². The van der Waals surface area contributed by atoms with E-state index in [0.717, 1.165) is 64.2 Å². The molecule has 8 nitrogen and oxygen atoms in total. The van der Waals surface area contributed by atoms with Gasteiger partial charge < -0.3 is 19.3 Å². The van der Waals surface area contributed by atoms with Gasteiger partial charge in [-0.1, -0.05) is 134 Å². The largest absolute Gasteiger partial charge is 0.469 e. The summed E-state index contributed by atoms with van der Waals surface area (Å²) >= 11 is 0. The Kier molecular flexibility index (Phi) is 33.8. The number of unbranched alkanes of at least 4 members (excludes halogenated alkanes) is 19. The molecule has 0 unspecified atom stereocenters. The molecule has 0 amide bonds. The fourth-order valence-corrected chi connectivity index (χ4v) is 5.58. The van der Waals surface area contributed by atoms with Crippen LogP contribution >= 0.6 is 7.82 Å². The first-order valence-electron chi connectivity index (χ1n) is 19.3. The van der Waals surface area contributed by atoms with Crippen molar-refractivity contribution in [1.29, 1.82) is 0 Å². The normalized spacial score (nSPS) is 12.8. The first-order chi connectivity index (χ1) is 23.3. The smallest absolute Gasteiger partial charge is 0.462 e. The second-order valence-electron chi connectivity index (χ2n) is 12.9. The van der Waals surface area contributed by atoms with Gasteiger partial charge in [0.2, 0.25) is 0 Å². The van der Waals surface area contributed by atoms with Crippen LogP contribution in [0.4, 0.5) is 0 Å². The molecule has 0 fully saturated rings. The van der Waals surface area contributed by atoms with Gasteiger partial charge in [0.05, 0.1) is 6.61 Å². The molecule has 0 saturated heterocycles. The highest BCUT2D eigenvalue weighted by Gasteiger charge is 2.22. The number of allylic oxidation sites excluding steroid dienone is 6. The molecule has 0 radical (unpaired) electrons. The summed E-state index contributed by atoms with van der Waals surface area (Å²) in [5.41, 5.74) is 0. The monoisotopic (exact) mass is 698 g/mol. The maximum atomic E-state index is 12.4. The molecule has 0 aliphatic heterocycles. The topological polar surface area (TPSA) is 119 Å². The molecule has 1 atom stereocenters. The van der Waals surface area contributed by atoms with E-state index in [2.05, 4.69) is 54.8 Å². The van der Waals surface area contributed by atoms with Gasteiger partial charge in [-0.3, -0.25) is 14.1 Å². The number of carbonyl (C=O) groups is 2. The lowest BCUT2D eigenvalue weighted by Gasteiger charge is -2.18. The van der Waals surface area contributed by atoms with Crippen LogP contribution in [0.3, 0.4) is 0 Å². The highest BCUT2D eigenvalue weighted by Crippen LogP contribution is 2.36. The van der Waals surface area contributed by atoms with Crippen molar-refractivity contribution in [1.82, 2.24) is 0 Å². The summed E-state index contributed by atoms with van der Waals surface area (Å²) in [6.45, 7) is 3.62. The van der Waals surface area contributed by atoms with E-state index in [-0.39, 0.29) is 19.4 Å². The highest BCUT2D eigenvalue weighted by atomic mass is 31.2. The zero-order chi connectivity index (χ0) is 35.4. The lowest BCUT2D eigenvalue weighted by Crippen LogP contribution is -2.29. The van der Waals surface area contributed by atoms with Crippen LogP contribution in [0.15, 0.2) is 36.5 Å². The zero-order valence-corrected chi connectivity index (χ0v) is 31.5. The molecule has 0 spiro atoms. The van der Waals surface area contributed by atoms with Crippen LogP contribution in [0.5, 0.6) is 0 Å². The maximum absolute atomic E-state index is 12.4. The first-order valence-corrected chi connectivity index (χ1v) is 20.8. The Morgan fingerprint density at radius 3 is 1.44 bits per heavy atom. The zero-order valence-electron chi connectivity index (χ0n) is 30.6. The van der Waals surface area contributed by atoms with E-state index in [9.17, 15) is 14.2 Å². The van der Waals surface area contributed by atoms with Crippen molar-refractivity contribution in [2.24, 2.45) is 0 Å². The van der Waals surface area contributed by atoms with Gasteiger partial charge in [-0.2, -0.15) is 0 Å². The van der Waals surface area contributed by atoms with Gasteiger partial charge in [-0.15, -0.1) is 0 Å². The van der Waals surface area contributed by atoms with Crippen LogP contribution in [0.2, 0.25) is 0 Å². The molecule has 0 bridgehead atoms. The van der Waals surface area contributed by atoms with Gasteiger partial charge >= 0.3 is 19.8 Å². The first kappa shape index (κ1) is 46.3. The molecular weight excluding hydrogens is 627 g/mol. The fraction of sp³-hybridized carbons (Fsp3) is 0.795. The van der Waals surface area contributed by atoms with Gasteiger partial charge in [0.25, 0.3) is 0 Å². The number of ether oxygens (including phenoxy) is 2. The van der Waals surface area contributed by atoms with E-state index in [1.54, 1.807) is 0 Å². The summed E-state index contributed by atoms with van der Waals surface area (Å²) in [5, 5.41) is 0. The van der Waals surface area contributed by atoms with Gasteiger partial charge in [0, 0.05) is 12.8 Å². The van der Waals surface area contributed by atoms with E-state index in [0.29, 0.717) is 12.8 Å². The average molecular weight is 699 g/mol. The van der Waals surface area contributed by atoms with Gasteiger partial charge in [-0.05, 0) is 70.6 Å². The van der Waals surface area contributed by atoms with Crippen molar-refractivity contribution in [3.63, 3.8) is 0 Å².